The average molecular weight is 311 g/mol. The third-order valence-electron chi connectivity index (χ3n) is 2.85. The first-order chi connectivity index (χ1) is 8.38. The number of nitrogens with zero attached hydrogens (tertiary/aromatic N) is 1. The first kappa shape index (κ1) is 14.0. The van der Waals surface area contributed by atoms with Gasteiger partial charge < -0.3 is 5.11 Å². The monoisotopic (exact) mass is 310 g/mol. The lowest BCUT2D eigenvalue weighted by Crippen LogP contribution is -2.38. The van der Waals surface area contributed by atoms with E-state index in [1.54, 1.807) is 0 Å². The molecule has 1 fully saturated rings. The van der Waals surface area contributed by atoms with Crippen LogP contribution in [0.2, 0.25) is 10.2 Å². The maximum absolute atomic E-state index is 11.9. The summed E-state index contributed by atoms with van der Waals surface area (Å²) in [5, 5.41) is 9.28. The van der Waals surface area contributed by atoms with Gasteiger partial charge in [0.1, 0.15) is 10.0 Å². The minimum Gasteiger partial charge on any atom is -0.393 e. The van der Waals surface area contributed by atoms with Crippen molar-refractivity contribution >= 4 is 33.2 Å². The first-order valence-electron chi connectivity index (χ1n) is 5.37. The zero-order chi connectivity index (χ0) is 13.3. The Morgan fingerprint density at radius 2 is 2.11 bits per heavy atom. The van der Waals surface area contributed by atoms with E-state index in [0.717, 1.165) is 6.20 Å². The lowest BCUT2D eigenvalue weighted by atomic mass is 9.83. The molecule has 0 radical (unpaired) electrons. The zero-order valence-corrected chi connectivity index (χ0v) is 11.6. The Balaban J connectivity index is 2.03. The van der Waals surface area contributed by atoms with Crippen LogP contribution in [0.25, 0.3) is 0 Å². The fourth-order valence-electron chi connectivity index (χ4n) is 1.73. The van der Waals surface area contributed by atoms with Crippen molar-refractivity contribution in [2.45, 2.75) is 23.8 Å². The highest BCUT2D eigenvalue weighted by Crippen LogP contribution is 2.27. The summed E-state index contributed by atoms with van der Waals surface area (Å²) in [5.74, 6) is 0.186. The van der Waals surface area contributed by atoms with Gasteiger partial charge in [0.25, 0.3) is 0 Å². The van der Waals surface area contributed by atoms with E-state index in [2.05, 4.69) is 9.71 Å². The largest absolute Gasteiger partial charge is 0.393 e. The summed E-state index contributed by atoms with van der Waals surface area (Å²) in [6.45, 7) is 0.305. The Morgan fingerprint density at radius 1 is 1.44 bits per heavy atom. The molecular formula is C10H12Cl2N2O3S. The predicted octanol–water partition coefficient (Wildman–Crippen LogP) is 1.44. The van der Waals surface area contributed by atoms with E-state index in [1.165, 1.54) is 6.07 Å². The lowest BCUT2D eigenvalue weighted by molar-refractivity contribution is 0.0453. The topological polar surface area (TPSA) is 79.3 Å². The summed E-state index contributed by atoms with van der Waals surface area (Å²) in [7, 11) is -3.63. The third kappa shape index (κ3) is 3.13. The summed E-state index contributed by atoms with van der Waals surface area (Å²) in [5.41, 5.74) is 0. The fourth-order valence-corrected chi connectivity index (χ4v) is 3.15. The molecule has 1 aliphatic carbocycles. The van der Waals surface area contributed by atoms with Crippen LogP contribution in [-0.2, 0) is 10.0 Å². The molecule has 2 N–H and O–H groups in total. The molecule has 8 heteroatoms. The van der Waals surface area contributed by atoms with Crippen molar-refractivity contribution in [2.75, 3.05) is 6.54 Å². The van der Waals surface area contributed by atoms with E-state index < -0.39 is 10.0 Å². The van der Waals surface area contributed by atoms with Crippen molar-refractivity contribution in [2.24, 2.45) is 5.92 Å². The molecule has 1 aromatic rings. The lowest BCUT2D eigenvalue weighted by Gasteiger charge is -2.31. The molecule has 0 unspecified atom stereocenters. The molecule has 1 aliphatic rings. The molecule has 0 saturated heterocycles. The Bertz CT molecular complexity index is 544. The van der Waals surface area contributed by atoms with E-state index in [0.29, 0.717) is 19.4 Å². The van der Waals surface area contributed by atoms with Gasteiger partial charge in [0, 0.05) is 12.7 Å². The number of pyridine rings is 1. The molecule has 1 aromatic heterocycles. The SMILES string of the molecule is O=S(=O)(NCC1CC(O)C1)c1cnc(Cl)c(Cl)c1. The van der Waals surface area contributed by atoms with Crippen LogP contribution in [0, 0.1) is 5.92 Å². The maximum atomic E-state index is 11.9. The number of aliphatic hydroxyl groups is 1. The fraction of sp³-hybridized carbons (Fsp3) is 0.500. The number of rotatable bonds is 4. The number of nitrogens with one attached hydrogen (secondary N) is 1. The zero-order valence-electron chi connectivity index (χ0n) is 9.31. The number of aliphatic hydroxyl groups excluding tert-OH is 1. The summed E-state index contributed by atoms with van der Waals surface area (Å²) in [4.78, 5) is 3.68. The van der Waals surface area contributed by atoms with Gasteiger partial charge in [-0.3, -0.25) is 0 Å². The molecule has 5 nitrogen and oxygen atoms in total. The Kier molecular flexibility index (Phi) is 4.13. The van der Waals surface area contributed by atoms with E-state index in [-0.39, 0.29) is 27.1 Å². The van der Waals surface area contributed by atoms with Gasteiger partial charge >= 0.3 is 0 Å². The minimum absolute atomic E-state index is 0.0169. The second kappa shape index (κ2) is 5.30. The van der Waals surface area contributed by atoms with Crippen molar-refractivity contribution in [3.63, 3.8) is 0 Å². The molecule has 0 atom stereocenters. The standard InChI is InChI=1S/C10H12Cl2N2O3S/c11-9-3-8(5-13-10(9)12)18(16,17)14-4-6-1-7(15)2-6/h3,5-7,14-15H,1-2,4H2. The van der Waals surface area contributed by atoms with Crippen molar-refractivity contribution in [1.82, 2.24) is 9.71 Å². The quantitative estimate of drug-likeness (QED) is 0.825. The molecule has 0 amide bonds. The predicted molar refractivity (Wildman–Crippen MR) is 68.2 cm³/mol. The highest BCUT2D eigenvalue weighted by molar-refractivity contribution is 7.89. The van der Waals surface area contributed by atoms with Crippen molar-refractivity contribution < 1.29 is 13.5 Å². The molecule has 100 valence electrons. The van der Waals surface area contributed by atoms with Crippen LogP contribution in [0.3, 0.4) is 0 Å². The summed E-state index contributed by atoms with van der Waals surface area (Å²) in [6, 6.07) is 1.26. The number of sulfonamides is 1. The van der Waals surface area contributed by atoms with Gasteiger partial charge in [0.05, 0.1) is 11.1 Å². The van der Waals surface area contributed by atoms with E-state index in [9.17, 15) is 8.42 Å². The second-order valence-corrected chi connectivity index (χ2v) is 6.82. The smallest absolute Gasteiger partial charge is 0.242 e. The molecule has 0 bridgehead atoms. The minimum atomic E-state index is -3.63. The van der Waals surface area contributed by atoms with Crippen LogP contribution in [0.15, 0.2) is 17.2 Å². The van der Waals surface area contributed by atoms with Crippen LogP contribution in [0.5, 0.6) is 0 Å². The van der Waals surface area contributed by atoms with Gasteiger partial charge in [0.15, 0.2) is 0 Å². The molecule has 1 heterocycles. The molecule has 1 saturated carbocycles. The van der Waals surface area contributed by atoms with Gasteiger partial charge in [-0.05, 0) is 24.8 Å². The van der Waals surface area contributed by atoms with Crippen molar-refractivity contribution in [1.29, 1.82) is 0 Å². The normalized spacial score (nSPS) is 23.7. The summed E-state index contributed by atoms with van der Waals surface area (Å²) < 4.78 is 26.3. The average Bonchev–Trinajstić information content (AvgIpc) is 2.26. The van der Waals surface area contributed by atoms with Crippen LogP contribution >= 0.6 is 23.2 Å². The number of hydrogen-bond acceptors (Lipinski definition) is 4. The number of aromatic nitrogens is 1. The first-order valence-corrected chi connectivity index (χ1v) is 7.61. The second-order valence-electron chi connectivity index (χ2n) is 4.29. The molecule has 0 spiro atoms. The van der Waals surface area contributed by atoms with Crippen LogP contribution in [0.1, 0.15) is 12.8 Å². The Labute approximate surface area is 115 Å². The molecule has 0 aliphatic heterocycles. The van der Waals surface area contributed by atoms with Gasteiger partial charge in [-0.25, -0.2) is 18.1 Å². The van der Waals surface area contributed by atoms with Gasteiger partial charge in [-0.15, -0.1) is 0 Å². The van der Waals surface area contributed by atoms with Gasteiger partial charge in [-0.1, -0.05) is 23.2 Å². The summed E-state index contributed by atoms with van der Waals surface area (Å²) in [6.07, 6.45) is 2.11. The third-order valence-corrected chi connectivity index (χ3v) is 4.93. The van der Waals surface area contributed by atoms with Gasteiger partial charge in [0.2, 0.25) is 10.0 Å². The van der Waals surface area contributed by atoms with E-state index >= 15 is 0 Å². The van der Waals surface area contributed by atoms with E-state index in [4.69, 9.17) is 28.3 Å². The maximum Gasteiger partial charge on any atom is 0.242 e. The number of hydrogen-bond donors (Lipinski definition) is 2. The Hall–Kier alpha value is -0.400. The van der Waals surface area contributed by atoms with Gasteiger partial charge in [-0.2, -0.15) is 0 Å². The highest BCUT2D eigenvalue weighted by Gasteiger charge is 2.28. The van der Waals surface area contributed by atoms with Crippen LogP contribution < -0.4 is 4.72 Å². The molecule has 2 rings (SSSR count). The van der Waals surface area contributed by atoms with Crippen LogP contribution in [-0.4, -0.2) is 31.2 Å². The molecular weight excluding hydrogens is 299 g/mol. The summed E-state index contributed by atoms with van der Waals surface area (Å²) >= 11 is 11.3. The molecule has 18 heavy (non-hydrogen) atoms. The Morgan fingerprint density at radius 3 is 2.67 bits per heavy atom. The number of halogens is 2. The van der Waals surface area contributed by atoms with E-state index in [1.807, 2.05) is 0 Å². The highest BCUT2D eigenvalue weighted by atomic mass is 35.5. The van der Waals surface area contributed by atoms with Crippen molar-refractivity contribution in [3.8, 4) is 0 Å². The van der Waals surface area contributed by atoms with Crippen molar-refractivity contribution in [3.05, 3.63) is 22.4 Å². The van der Waals surface area contributed by atoms with Crippen LogP contribution in [0.4, 0.5) is 0 Å². The molecule has 0 aromatic carbocycles.